The first-order valence-corrected chi connectivity index (χ1v) is 6.39. The molecule has 0 saturated heterocycles. The van der Waals surface area contributed by atoms with Gasteiger partial charge in [-0.2, -0.15) is 0 Å². The smallest absolute Gasteiger partial charge is 0.184 e. The van der Waals surface area contributed by atoms with Crippen LogP contribution in [0.25, 0.3) is 11.3 Å². The summed E-state index contributed by atoms with van der Waals surface area (Å²) in [5, 5.41) is 2.07. The second-order valence-corrected chi connectivity index (χ2v) is 4.59. The van der Waals surface area contributed by atoms with Crippen molar-refractivity contribution in [1.29, 1.82) is 0 Å². The van der Waals surface area contributed by atoms with Gasteiger partial charge in [0.25, 0.3) is 0 Å². The Bertz CT molecular complexity index is 614. The molecule has 0 aliphatic carbocycles. The molecular weight excluding hydrogens is 248 g/mol. The van der Waals surface area contributed by atoms with Crippen LogP contribution in [0.4, 0.5) is 0 Å². The quantitative estimate of drug-likeness (QED) is 0.852. The van der Waals surface area contributed by atoms with Gasteiger partial charge in [0.15, 0.2) is 4.80 Å². The Morgan fingerprint density at radius 1 is 1.22 bits per heavy atom. The van der Waals surface area contributed by atoms with E-state index in [0.29, 0.717) is 0 Å². The molecule has 0 atom stereocenters. The number of thiazole rings is 1. The SMILES string of the molecule is CN=c1scc(-c2cc(OC)ccc2OC)n1C. The van der Waals surface area contributed by atoms with E-state index in [1.165, 1.54) is 0 Å². The topological polar surface area (TPSA) is 35.8 Å². The van der Waals surface area contributed by atoms with Gasteiger partial charge in [0.05, 0.1) is 19.9 Å². The number of nitrogens with zero attached hydrogens (tertiary/aromatic N) is 2. The normalized spacial score (nSPS) is 11.7. The third-order valence-corrected chi connectivity index (χ3v) is 3.81. The number of hydrogen-bond donors (Lipinski definition) is 0. The molecule has 1 aromatic heterocycles. The van der Waals surface area contributed by atoms with Crippen molar-refractivity contribution in [2.24, 2.45) is 12.0 Å². The molecule has 0 aliphatic heterocycles. The number of rotatable bonds is 3. The predicted molar refractivity (Wildman–Crippen MR) is 73.3 cm³/mol. The maximum atomic E-state index is 5.40. The highest BCUT2D eigenvalue weighted by Crippen LogP contribution is 2.33. The zero-order valence-corrected chi connectivity index (χ0v) is 11.7. The molecular formula is C13H16N2O2S. The van der Waals surface area contributed by atoms with Crippen molar-refractivity contribution < 1.29 is 9.47 Å². The van der Waals surface area contributed by atoms with Gasteiger partial charge in [-0.3, -0.25) is 4.99 Å². The first kappa shape index (κ1) is 12.7. The zero-order valence-electron chi connectivity index (χ0n) is 10.9. The number of aromatic nitrogens is 1. The van der Waals surface area contributed by atoms with Gasteiger partial charge in [-0.05, 0) is 18.2 Å². The minimum absolute atomic E-state index is 0.812. The molecule has 1 aromatic carbocycles. The van der Waals surface area contributed by atoms with Gasteiger partial charge >= 0.3 is 0 Å². The van der Waals surface area contributed by atoms with Gasteiger partial charge in [0.2, 0.25) is 0 Å². The second kappa shape index (κ2) is 5.27. The molecule has 0 N–H and O–H groups in total. The van der Waals surface area contributed by atoms with E-state index in [1.807, 2.05) is 29.8 Å². The van der Waals surface area contributed by atoms with E-state index in [9.17, 15) is 0 Å². The van der Waals surface area contributed by atoms with Crippen LogP contribution in [0.1, 0.15) is 0 Å². The summed E-state index contributed by atoms with van der Waals surface area (Å²) in [6, 6.07) is 5.77. The van der Waals surface area contributed by atoms with Gasteiger partial charge in [-0.1, -0.05) is 0 Å². The highest BCUT2D eigenvalue weighted by atomic mass is 32.1. The van der Waals surface area contributed by atoms with Crippen molar-refractivity contribution in [1.82, 2.24) is 4.57 Å². The molecule has 1 heterocycles. The summed E-state index contributed by atoms with van der Waals surface area (Å²) < 4.78 is 12.7. The third-order valence-electron chi connectivity index (χ3n) is 2.80. The molecule has 0 bridgehead atoms. The molecule has 0 spiro atoms. The Labute approximate surface area is 110 Å². The molecule has 0 amide bonds. The Balaban J connectivity index is 2.64. The summed E-state index contributed by atoms with van der Waals surface area (Å²) >= 11 is 1.60. The Kier molecular flexibility index (Phi) is 3.72. The average Bonchev–Trinajstić information content (AvgIpc) is 2.78. The monoisotopic (exact) mass is 264 g/mol. The Hall–Kier alpha value is -1.75. The third kappa shape index (κ3) is 2.13. The van der Waals surface area contributed by atoms with Crippen LogP contribution in [-0.4, -0.2) is 25.8 Å². The summed E-state index contributed by atoms with van der Waals surface area (Å²) in [4.78, 5) is 5.19. The van der Waals surface area contributed by atoms with Gasteiger partial charge in [0, 0.05) is 25.0 Å². The highest BCUT2D eigenvalue weighted by Gasteiger charge is 2.11. The van der Waals surface area contributed by atoms with E-state index in [2.05, 4.69) is 10.4 Å². The van der Waals surface area contributed by atoms with Crippen LogP contribution < -0.4 is 14.3 Å². The standard InChI is InChI=1S/C13H16N2O2S/c1-14-13-15(2)11(8-18-13)10-7-9(16-3)5-6-12(10)17-4/h5-8H,1-4H3. The predicted octanol–water partition coefficient (Wildman–Crippen LogP) is 2.30. The van der Waals surface area contributed by atoms with Crippen LogP contribution in [0.15, 0.2) is 28.6 Å². The fourth-order valence-corrected chi connectivity index (χ4v) is 2.69. The van der Waals surface area contributed by atoms with Crippen LogP contribution in [0.3, 0.4) is 0 Å². The molecule has 0 saturated carbocycles. The summed E-state index contributed by atoms with van der Waals surface area (Å²) in [6.45, 7) is 0. The molecule has 2 aromatic rings. The maximum Gasteiger partial charge on any atom is 0.184 e. The fourth-order valence-electron chi connectivity index (χ4n) is 1.83. The van der Waals surface area contributed by atoms with Crippen LogP contribution in [0.2, 0.25) is 0 Å². The van der Waals surface area contributed by atoms with Crippen LogP contribution in [0, 0.1) is 0 Å². The average molecular weight is 264 g/mol. The number of benzene rings is 1. The van der Waals surface area contributed by atoms with Crippen LogP contribution in [0.5, 0.6) is 11.5 Å². The number of hydrogen-bond acceptors (Lipinski definition) is 4. The summed E-state index contributed by atoms with van der Waals surface area (Å²) in [5.74, 6) is 1.64. The summed E-state index contributed by atoms with van der Waals surface area (Å²) in [6.07, 6.45) is 0. The lowest BCUT2D eigenvalue weighted by Crippen LogP contribution is -2.11. The van der Waals surface area contributed by atoms with E-state index >= 15 is 0 Å². The first-order chi connectivity index (χ1) is 8.71. The van der Waals surface area contributed by atoms with Crippen molar-refractivity contribution in [3.63, 3.8) is 0 Å². The van der Waals surface area contributed by atoms with Crippen molar-refractivity contribution >= 4 is 11.3 Å². The van der Waals surface area contributed by atoms with Crippen molar-refractivity contribution in [3.05, 3.63) is 28.4 Å². The Morgan fingerprint density at radius 2 is 2.00 bits per heavy atom. The maximum absolute atomic E-state index is 5.40. The lowest BCUT2D eigenvalue weighted by molar-refractivity contribution is 0.404. The lowest BCUT2D eigenvalue weighted by Gasteiger charge is -2.10. The second-order valence-electron chi connectivity index (χ2n) is 3.75. The first-order valence-electron chi connectivity index (χ1n) is 5.51. The lowest BCUT2D eigenvalue weighted by atomic mass is 10.1. The van der Waals surface area contributed by atoms with E-state index < -0.39 is 0 Å². The molecule has 2 rings (SSSR count). The van der Waals surface area contributed by atoms with E-state index in [4.69, 9.17) is 9.47 Å². The molecule has 4 nitrogen and oxygen atoms in total. The van der Waals surface area contributed by atoms with E-state index in [0.717, 1.165) is 27.6 Å². The minimum atomic E-state index is 0.812. The minimum Gasteiger partial charge on any atom is -0.497 e. The van der Waals surface area contributed by atoms with Gasteiger partial charge in [-0.15, -0.1) is 11.3 Å². The van der Waals surface area contributed by atoms with Crippen molar-refractivity contribution in [2.45, 2.75) is 0 Å². The molecule has 0 fully saturated rings. The summed E-state index contributed by atoms with van der Waals surface area (Å²) in [5.41, 5.74) is 2.07. The highest BCUT2D eigenvalue weighted by molar-refractivity contribution is 7.07. The largest absolute Gasteiger partial charge is 0.497 e. The summed E-state index contributed by atoms with van der Waals surface area (Å²) in [7, 11) is 7.11. The van der Waals surface area contributed by atoms with Crippen LogP contribution in [-0.2, 0) is 7.05 Å². The molecule has 0 aliphatic rings. The molecule has 18 heavy (non-hydrogen) atoms. The molecule has 0 radical (unpaired) electrons. The molecule has 96 valence electrons. The van der Waals surface area contributed by atoms with Gasteiger partial charge < -0.3 is 14.0 Å². The van der Waals surface area contributed by atoms with E-state index in [-0.39, 0.29) is 0 Å². The van der Waals surface area contributed by atoms with Crippen molar-refractivity contribution in [2.75, 3.05) is 21.3 Å². The molecule has 5 heteroatoms. The zero-order chi connectivity index (χ0) is 13.1. The van der Waals surface area contributed by atoms with Gasteiger partial charge in [0.1, 0.15) is 11.5 Å². The Morgan fingerprint density at radius 3 is 2.56 bits per heavy atom. The van der Waals surface area contributed by atoms with Crippen molar-refractivity contribution in [3.8, 4) is 22.8 Å². The van der Waals surface area contributed by atoms with Gasteiger partial charge in [-0.25, -0.2) is 0 Å². The number of ether oxygens (including phenoxy) is 2. The molecule has 0 unspecified atom stereocenters. The fraction of sp³-hybridized carbons (Fsp3) is 0.308. The number of methoxy groups -OCH3 is 2. The van der Waals surface area contributed by atoms with E-state index in [1.54, 1.807) is 32.6 Å². The van der Waals surface area contributed by atoms with Crippen LogP contribution >= 0.6 is 11.3 Å².